The number of carbonyl (C=O) groups excluding carboxylic acids is 3. The standard InChI is InChI=1S/C18H20O5/c1-23-16-4-2-3-13-17(16)14(20)8-7-12(18(13)22)11-6-5-10(19)9-15(11)21/h2-4,11-12,18,22H,5-9H2,1H3. The number of rotatable bonds is 2. The van der Waals surface area contributed by atoms with Crippen LogP contribution in [-0.2, 0) is 9.59 Å². The highest BCUT2D eigenvalue weighted by molar-refractivity contribution is 6.03. The van der Waals surface area contributed by atoms with Crippen molar-refractivity contribution in [3.05, 3.63) is 29.3 Å². The molecule has 0 saturated heterocycles. The number of fused-ring (bicyclic) bond motifs is 1. The molecule has 0 aliphatic heterocycles. The van der Waals surface area contributed by atoms with E-state index in [4.69, 9.17) is 4.74 Å². The number of benzene rings is 1. The molecular formula is C18H20O5. The predicted octanol–water partition coefficient (Wildman–Crippen LogP) is 2.26. The second-order valence-electron chi connectivity index (χ2n) is 6.32. The molecule has 1 saturated carbocycles. The number of methoxy groups -OCH3 is 1. The van der Waals surface area contributed by atoms with E-state index < -0.39 is 6.10 Å². The van der Waals surface area contributed by atoms with Crippen molar-refractivity contribution in [1.29, 1.82) is 0 Å². The number of ketones is 3. The van der Waals surface area contributed by atoms with Crippen LogP contribution >= 0.6 is 0 Å². The van der Waals surface area contributed by atoms with E-state index in [0.29, 0.717) is 36.1 Å². The number of hydrogen-bond donors (Lipinski definition) is 1. The summed E-state index contributed by atoms with van der Waals surface area (Å²) >= 11 is 0. The molecule has 23 heavy (non-hydrogen) atoms. The molecule has 0 heterocycles. The normalized spacial score (nSPS) is 28.3. The molecule has 122 valence electrons. The van der Waals surface area contributed by atoms with Crippen LogP contribution in [0.4, 0.5) is 0 Å². The molecule has 2 aliphatic rings. The van der Waals surface area contributed by atoms with E-state index in [-0.39, 0.29) is 42.0 Å². The number of aliphatic hydroxyl groups is 1. The van der Waals surface area contributed by atoms with Gasteiger partial charge >= 0.3 is 0 Å². The van der Waals surface area contributed by atoms with Gasteiger partial charge in [0.2, 0.25) is 0 Å². The molecule has 3 atom stereocenters. The molecular weight excluding hydrogens is 296 g/mol. The summed E-state index contributed by atoms with van der Waals surface area (Å²) in [6.45, 7) is 0. The van der Waals surface area contributed by atoms with Crippen molar-refractivity contribution in [1.82, 2.24) is 0 Å². The fraction of sp³-hybridized carbons (Fsp3) is 0.500. The van der Waals surface area contributed by atoms with Crippen LogP contribution in [0.2, 0.25) is 0 Å². The SMILES string of the molecule is COc1cccc2c1C(=O)CCC(C1CCC(=O)CC1=O)C2O. The zero-order chi connectivity index (χ0) is 16.6. The van der Waals surface area contributed by atoms with Gasteiger partial charge in [0.05, 0.1) is 25.2 Å². The minimum absolute atomic E-state index is 0.0347. The highest BCUT2D eigenvalue weighted by Crippen LogP contribution is 2.43. The Morgan fingerprint density at radius 1 is 1.13 bits per heavy atom. The van der Waals surface area contributed by atoms with Crippen molar-refractivity contribution in [3.63, 3.8) is 0 Å². The van der Waals surface area contributed by atoms with Crippen LogP contribution in [0, 0.1) is 11.8 Å². The molecule has 0 radical (unpaired) electrons. The fourth-order valence-corrected chi connectivity index (χ4v) is 3.84. The Kier molecular flexibility index (Phi) is 4.31. The third kappa shape index (κ3) is 2.81. The van der Waals surface area contributed by atoms with Crippen LogP contribution in [-0.4, -0.2) is 29.6 Å². The Labute approximate surface area is 134 Å². The minimum atomic E-state index is -0.895. The van der Waals surface area contributed by atoms with Gasteiger partial charge in [0.1, 0.15) is 17.3 Å². The van der Waals surface area contributed by atoms with Crippen molar-refractivity contribution in [2.75, 3.05) is 7.11 Å². The van der Waals surface area contributed by atoms with E-state index in [2.05, 4.69) is 0 Å². The van der Waals surface area contributed by atoms with Crippen LogP contribution in [0.25, 0.3) is 0 Å². The van der Waals surface area contributed by atoms with Gasteiger partial charge < -0.3 is 9.84 Å². The molecule has 2 aliphatic carbocycles. The van der Waals surface area contributed by atoms with Crippen LogP contribution in [0.5, 0.6) is 5.75 Å². The van der Waals surface area contributed by atoms with E-state index in [9.17, 15) is 19.5 Å². The summed E-state index contributed by atoms with van der Waals surface area (Å²) in [6, 6.07) is 5.16. The fourth-order valence-electron chi connectivity index (χ4n) is 3.84. The van der Waals surface area contributed by atoms with Crippen molar-refractivity contribution in [3.8, 4) is 5.75 Å². The summed E-state index contributed by atoms with van der Waals surface area (Å²) in [5.41, 5.74) is 0.950. The molecule has 0 aromatic heterocycles. The highest BCUT2D eigenvalue weighted by Gasteiger charge is 2.40. The van der Waals surface area contributed by atoms with Crippen LogP contribution in [0.15, 0.2) is 18.2 Å². The summed E-state index contributed by atoms with van der Waals surface area (Å²) in [6.07, 6.45) is 0.613. The Bertz CT molecular complexity index is 663. The third-order valence-corrected chi connectivity index (χ3v) is 5.02. The summed E-state index contributed by atoms with van der Waals surface area (Å²) < 4.78 is 5.26. The first-order chi connectivity index (χ1) is 11.0. The summed E-state index contributed by atoms with van der Waals surface area (Å²) in [4.78, 5) is 36.1. The lowest BCUT2D eigenvalue weighted by molar-refractivity contribution is -0.135. The lowest BCUT2D eigenvalue weighted by Gasteiger charge is -2.31. The molecule has 0 amide bonds. The van der Waals surface area contributed by atoms with E-state index in [1.807, 2.05) is 0 Å². The van der Waals surface area contributed by atoms with Crippen LogP contribution in [0.3, 0.4) is 0 Å². The van der Waals surface area contributed by atoms with Gasteiger partial charge in [-0.3, -0.25) is 14.4 Å². The number of carbonyl (C=O) groups is 3. The van der Waals surface area contributed by atoms with E-state index in [1.165, 1.54) is 7.11 Å². The first-order valence-corrected chi connectivity index (χ1v) is 7.95. The lowest BCUT2D eigenvalue weighted by atomic mass is 9.73. The number of aliphatic hydroxyl groups excluding tert-OH is 1. The molecule has 1 N–H and O–H groups in total. The zero-order valence-corrected chi connectivity index (χ0v) is 13.1. The number of hydrogen-bond acceptors (Lipinski definition) is 5. The van der Waals surface area contributed by atoms with Gasteiger partial charge in [-0.1, -0.05) is 12.1 Å². The number of ether oxygens (including phenoxy) is 1. The van der Waals surface area contributed by atoms with Gasteiger partial charge in [-0.25, -0.2) is 0 Å². The predicted molar refractivity (Wildman–Crippen MR) is 82.4 cm³/mol. The lowest BCUT2D eigenvalue weighted by Crippen LogP contribution is -2.33. The van der Waals surface area contributed by atoms with Crippen molar-refractivity contribution < 1.29 is 24.2 Å². The van der Waals surface area contributed by atoms with Crippen molar-refractivity contribution in [2.45, 2.75) is 38.2 Å². The van der Waals surface area contributed by atoms with Crippen LogP contribution < -0.4 is 4.74 Å². The monoisotopic (exact) mass is 316 g/mol. The summed E-state index contributed by atoms with van der Waals surface area (Å²) in [7, 11) is 1.49. The summed E-state index contributed by atoms with van der Waals surface area (Å²) in [5, 5.41) is 10.8. The van der Waals surface area contributed by atoms with Gasteiger partial charge in [0.25, 0.3) is 0 Å². The molecule has 3 rings (SSSR count). The Balaban J connectivity index is 1.98. The molecule has 0 bridgehead atoms. The second-order valence-corrected chi connectivity index (χ2v) is 6.32. The van der Waals surface area contributed by atoms with Gasteiger partial charge in [-0.2, -0.15) is 0 Å². The van der Waals surface area contributed by atoms with Gasteiger partial charge in [0.15, 0.2) is 5.78 Å². The summed E-state index contributed by atoms with van der Waals surface area (Å²) in [5.74, 6) is -0.437. The highest BCUT2D eigenvalue weighted by atomic mass is 16.5. The minimum Gasteiger partial charge on any atom is -0.496 e. The smallest absolute Gasteiger partial charge is 0.166 e. The molecule has 5 nitrogen and oxygen atoms in total. The van der Waals surface area contributed by atoms with Crippen molar-refractivity contribution in [2.24, 2.45) is 11.8 Å². The van der Waals surface area contributed by atoms with E-state index in [0.717, 1.165) is 0 Å². The third-order valence-electron chi connectivity index (χ3n) is 5.02. The molecule has 0 spiro atoms. The van der Waals surface area contributed by atoms with Gasteiger partial charge in [0, 0.05) is 18.8 Å². The maximum Gasteiger partial charge on any atom is 0.166 e. The maximum absolute atomic E-state index is 12.5. The van der Waals surface area contributed by atoms with Gasteiger partial charge in [-0.05, 0) is 30.4 Å². The second kappa shape index (κ2) is 6.24. The van der Waals surface area contributed by atoms with E-state index >= 15 is 0 Å². The van der Waals surface area contributed by atoms with E-state index in [1.54, 1.807) is 18.2 Å². The zero-order valence-electron chi connectivity index (χ0n) is 13.1. The largest absolute Gasteiger partial charge is 0.496 e. The van der Waals surface area contributed by atoms with Gasteiger partial charge in [-0.15, -0.1) is 0 Å². The first kappa shape index (κ1) is 15.9. The Hall–Kier alpha value is -2.01. The molecule has 5 heteroatoms. The van der Waals surface area contributed by atoms with Crippen molar-refractivity contribution >= 4 is 17.3 Å². The molecule has 1 fully saturated rings. The Morgan fingerprint density at radius 2 is 1.91 bits per heavy atom. The average Bonchev–Trinajstić information content (AvgIpc) is 2.66. The van der Waals surface area contributed by atoms with Crippen LogP contribution in [0.1, 0.15) is 54.1 Å². The Morgan fingerprint density at radius 3 is 2.61 bits per heavy atom. The molecule has 1 aromatic carbocycles. The average molecular weight is 316 g/mol. The first-order valence-electron chi connectivity index (χ1n) is 7.95. The maximum atomic E-state index is 12.5. The molecule has 1 aromatic rings. The number of Topliss-reactive ketones (excluding diaryl/α,β-unsaturated/α-hetero) is 3. The topological polar surface area (TPSA) is 80.7 Å². The quantitative estimate of drug-likeness (QED) is 0.668. The molecule has 3 unspecified atom stereocenters.